The van der Waals surface area contributed by atoms with Crippen molar-refractivity contribution in [3.63, 3.8) is 0 Å². The van der Waals surface area contributed by atoms with Crippen molar-refractivity contribution in [2.24, 2.45) is 5.73 Å². The summed E-state index contributed by atoms with van der Waals surface area (Å²) in [5.74, 6) is -1.09. The van der Waals surface area contributed by atoms with Crippen LogP contribution >= 0.6 is 0 Å². The number of carbonyl (C=O) groups excluding carboxylic acids is 1. The topological polar surface area (TPSA) is 131 Å². The zero-order valence-corrected chi connectivity index (χ0v) is 14.9. The SMILES string of the molecule is CC1=C(C(=O)Nc2ccccc2)[C@@H](c2ccc([N+](=O)[O-])cc2)C(C#N)=C(N)O1. The number of benzene rings is 2. The number of rotatable bonds is 4. The number of anilines is 1. The number of para-hydroxylation sites is 1. The number of nitrogens with one attached hydrogen (secondary N) is 1. The van der Waals surface area contributed by atoms with Crippen LogP contribution < -0.4 is 11.1 Å². The quantitative estimate of drug-likeness (QED) is 0.621. The summed E-state index contributed by atoms with van der Waals surface area (Å²) in [6, 6.07) is 16.5. The number of ether oxygens (including phenoxy) is 1. The number of nitro benzene ring substituents is 1. The summed E-state index contributed by atoms with van der Waals surface area (Å²) in [7, 11) is 0. The van der Waals surface area contributed by atoms with Crippen molar-refractivity contribution in [2.75, 3.05) is 5.32 Å². The predicted molar refractivity (Wildman–Crippen MR) is 102 cm³/mol. The molecular weight excluding hydrogens is 360 g/mol. The van der Waals surface area contributed by atoms with E-state index in [1.54, 1.807) is 31.2 Å². The molecular formula is C20H16N4O4. The summed E-state index contributed by atoms with van der Waals surface area (Å²) in [6.45, 7) is 1.58. The molecule has 1 aliphatic heterocycles. The van der Waals surface area contributed by atoms with Crippen LogP contribution in [0.15, 0.2) is 77.4 Å². The van der Waals surface area contributed by atoms with Gasteiger partial charge < -0.3 is 15.8 Å². The molecule has 0 aliphatic carbocycles. The smallest absolute Gasteiger partial charge is 0.269 e. The number of carbonyl (C=O) groups is 1. The van der Waals surface area contributed by atoms with Crippen molar-refractivity contribution in [2.45, 2.75) is 12.8 Å². The second-order valence-electron chi connectivity index (χ2n) is 6.06. The molecule has 2 aromatic rings. The van der Waals surface area contributed by atoms with Gasteiger partial charge in [0.05, 0.1) is 16.4 Å². The lowest BCUT2D eigenvalue weighted by Gasteiger charge is -2.27. The van der Waals surface area contributed by atoms with E-state index >= 15 is 0 Å². The van der Waals surface area contributed by atoms with Gasteiger partial charge in [0, 0.05) is 17.8 Å². The lowest BCUT2D eigenvalue weighted by Crippen LogP contribution is -2.27. The maximum Gasteiger partial charge on any atom is 0.269 e. The molecule has 0 bridgehead atoms. The zero-order chi connectivity index (χ0) is 20.3. The standard InChI is InChI=1S/C20H16N4O4/c1-12-17(20(25)23-14-5-3-2-4-6-14)18(16(11-21)19(22)28-12)13-7-9-15(10-8-13)24(26)27/h2-10,18H,22H2,1H3,(H,23,25)/t18-/m0/s1. The van der Waals surface area contributed by atoms with Gasteiger partial charge in [-0.2, -0.15) is 5.26 Å². The van der Waals surface area contributed by atoms with Gasteiger partial charge in [0.25, 0.3) is 11.6 Å². The van der Waals surface area contributed by atoms with Gasteiger partial charge in [0.2, 0.25) is 5.88 Å². The average Bonchev–Trinajstić information content (AvgIpc) is 2.68. The zero-order valence-electron chi connectivity index (χ0n) is 14.9. The lowest BCUT2D eigenvalue weighted by atomic mass is 9.82. The second-order valence-corrected chi connectivity index (χ2v) is 6.06. The van der Waals surface area contributed by atoms with E-state index in [0.29, 0.717) is 11.3 Å². The van der Waals surface area contributed by atoms with Gasteiger partial charge in [-0.05, 0) is 24.6 Å². The van der Waals surface area contributed by atoms with E-state index in [9.17, 15) is 20.2 Å². The molecule has 8 nitrogen and oxygen atoms in total. The number of allylic oxidation sites excluding steroid dienone is 2. The Morgan fingerprint density at radius 2 is 1.86 bits per heavy atom. The van der Waals surface area contributed by atoms with Gasteiger partial charge in [0.15, 0.2) is 0 Å². The lowest BCUT2D eigenvalue weighted by molar-refractivity contribution is -0.384. The number of non-ortho nitro benzene ring substituents is 1. The molecule has 28 heavy (non-hydrogen) atoms. The number of nitriles is 1. The molecule has 1 atom stereocenters. The van der Waals surface area contributed by atoms with Crippen molar-refractivity contribution < 1.29 is 14.5 Å². The molecule has 0 unspecified atom stereocenters. The Morgan fingerprint density at radius 3 is 2.43 bits per heavy atom. The maximum absolute atomic E-state index is 13.0. The van der Waals surface area contributed by atoms with Crippen molar-refractivity contribution in [3.8, 4) is 6.07 Å². The number of nitro groups is 1. The van der Waals surface area contributed by atoms with Crippen LogP contribution in [0.2, 0.25) is 0 Å². The minimum Gasteiger partial charge on any atom is -0.445 e. The summed E-state index contributed by atoms with van der Waals surface area (Å²) < 4.78 is 5.42. The molecule has 1 heterocycles. The van der Waals surface area contributed by atoms with Crippen LogP contribution in [0.25, 0.3) is 0 Å². The highest BCUT2D eigenvalue weighted by molar-refractivity contribution is 6.06. The average molecular weight is 376 g/mol. The highest BCUT2D eigenvalue weighted by Crippen LogP contribution is 2.39. The predicted octanol–water partition coefficient (Wildman–Crippen LogP) is 3.32. The Bertz CT molecular complexity index is 1030. The van der Waals surface area contributed by atoms with E-state index in [0.717, 1.165) is 0 Å². The van der Waals surface area contributed by atoms with E-state index in [2.05, 4.69) is 5.32 Å². The summed E-state index contributed by atoms with van der Waals surface area (Å²) >= 11 is 0. The number of hydrogen-bond donors (Lipinski definition) is 2. The molecule has 0 aromatic heterocycles. The van der Waals surface area contributed by atoms with E-state index in [1.807, 2.05) is 12.1 Å². The molecule has 140 valence electrons. The van der Waals surface area contributed by atoms with Crippen molar-refractivity contribution in [1.29, 1.82) is 5.26 Å². The van der Waals surface area contributed by atoms with Crippen LogP contribution in [0.5, 0.6) is 0 Å². The molecule has 3 N–H and O–H groups in total. The number of nitrogens with two attached hydrogens (primary N) is 1. The number of nitrogens with zero attached hydrogens (tertiary/aromatic N) is 2. The summed E-state index contributed by atoms with van der Waals surface area (Å²) in [4.78, 5) is 23.4. The van der Waals surface area contributed by atoms with Crippen LogP contribution in [0, 0.1) is 21.4 Å². The van der Waals surface area contributed by atoms with E-state index < -0.39 is 16.7 Å². The summed E-state index contributed by atoms with van der Waals surface area (Å²) in [5.41, 5.74) is 7.14. The third-order valence-corrected chi connectivity index (χ3v) is 4.32. The van der Waals surface area contributed by atoms with Gasteiger partial charge >= 0.3 is 0 Å². The number of hydrogen-bond acceptors (Lipinski definition) is 6. The van der Waals surface area contributed by atoms with Crippen LogP contribution in [0.1, 0.15) is 18.4 Å². The molecule has 8 heteroatoms. The second kappa shape index (κ2) is 7.63. The summed E-state index contributed by atoms with van der Waals surface area (Å²) in [6.07, 6.45) is 0. The molecule has 3 rings (SSSR count). The third kappa shape index (κ3) is 3.54. The molecule has 1 amide bonds. The first kappa shape index (κ1) is 18.7. The Morgan fingerprint density at radius 1 is 1.21 bits per heavy atom. The normalized spacial score (nSPS) is 16.2. The fourth-order valence-corrected chi connectivity index (χ4v) is 3.02. The fourth-order valence-electron chi connectivity index (χ4n) is 3.02. The molecule has 0 spiro atoms. The largest absolute Gasteiger partial charge is 0.445 e. The highest BCUT2D eigenvalue weighted by Gasteiger charge is 2.35. The molecule has 0 fully saturated rings. The van der Waals surface area contributed by atoms with Gasteiger partial charge in [0.1, 0.15) is 17.4 Å². The van der Waals surface area contributed by atoms with Gasteiger partial charge in [-0.3, -0.25) is 14.9 Å². The first-order chi connectivity index (χ1) is 13.4. The Hall–Kier alpha value is -4.12. The molecule has 0 radical (unpaired) electrons. The van der Waals surface area contributed by atoms with Crippen LogP contribution in [-0.4, -0.2) is 10.8 Å². The van der Waals surface area contributed by atoms with Gasteiger partial charge in [-0.15, -0.1) is 0 Å². The van der Waals surface area contributed by atoms with E-state index in [-0.39, 0.29) is 28.5 Å². The third-order valence-electron chi connectivity index (χ3n) is 4.32. The number of amides is 1. The summed E-state index contributed by atoms with van der Waals surface area (Å²) in [5, 5.41) is 23.3. The Kier molecular flexibility index (Phi) is 5.09. The van der Waals surface area contributed by atoms with E-state index in [1.165, 1.54) is 24.3 Å². The van der Waals surface area contributed by atoms with Crippen molar-refractivity contribution in [1.82, 2.24) is 0 Å². The Balaban J connectivity index is 2.05. The van der Waals surface area contributed by atoms with Crippen LogP contribution in [0.3, 0.4) is 0 Å². The van der Waals surface area contributed by atoms with Crippen LogP contribution in [-0.2, 0) is 9.53 Å². The minimum atomic E-state index is -0.803. The van der Waals surface area contributed by atoms with Crippen LogP contribution in [0.4, 0.5) is 11.4 Å². The maximum atomic E-state index is 13.0. The van der Waals surface area contributed by atoms with Gasteiger partial charge in [-0.25, -0.2) is 0 Å². The van der Waals surface area contributed by atoms with Gasteiger partial charge in [-0.1, -0.05) is 30.3 Å². The van der Waals surface area contributed by atoms with E-state index in [4.69, 9.17) is 10.5 Å². The molecule has 2 aromatic carbocycles. The molecule has 1 aliphatic rings. The molecule has 0 saturated heterocycles. The monoisotopic (exact) mass is 376 g/mol. The fraction of sp³-hybridized carbons (Fsp3) is 0.100. The molecule has 0 saturated carbocycles. The first-order valence-electron chi connectivity index (χ1n) is 8.31. The highest BCUT2D eigenvalue weighted by atomic mass is 16.6. The van der Waals surface area contributed by atoms with Crippen molar-refractivity contribution in [3.05, 3.63) is 93.1 Å². The first-order valence-corrected chi connectivity index (χ1v) is 8.31. The minimum absolute atomic E-state index is 0.0673. The van der Waals surface area contributed by atoms with Crippen molar-refractivity contribution >= 4 is 17.3 Å². The Labute approximate surface area is 160 Å².